The van der Waals surface area contributed by atoms with Gasteiger partial charge >= 0.3 is 0 Å². The molecule has 1 atom stereocenters. The maximum absolute atomic E-state index is 12.3. The Morgan fingerprint density at radius 3 is 2.47 bits per heavy atom. The molecule has 8 heteroatoms. The molecule has 0 spiro atoms. The van der Waals surface area contributed by atoms with Gasteiger partial charge in [0.2, 0.25) is 0 Å². The number of hydrogen-bond acceptors (Lipinski definition) is 5. The Kier molecular flexibility index (Phi) is 6.03. The van der Waals surface area contributed by atoms with E-state index in [0.717, 1.165) is 22.6 Å². The second-order valence-corrected chi connectivity index (χ2v) is 6.64. The molecule has 0 aliphatic carbocycles. The van der Waals surface area contributed by atoms with Crippen molar-refractivity contribution in [2.45, 2.75) is 19.8 Å². The molecule has 1 N–H and O–H groups in total. The number of rotatable bonds is 6. The number of carbonyl (C=O) groups is 1. The smallest absolute Gasteiger partial charge is 0.269 e. The summed E-state index contributed by atoms with van der Waals surface area (Å²) in [5, 5.41) is 24.2. The van der Waals surface area contributed by atoms with Crippen molar-refractivity contribution in [1.29, 1.82) is 5.26 Å². The van der Waals surface area contributed by atoms with Gasteiger partial charge in [-0.25, -0.2) is 5.43 Å². The summed E-state index contributed by atoms with van der Waals surface area (Å²) in [4.78, 5) is 22.7. The topological polar surface area (TPSA) is 113 Å². The van der Waals surface area contributed by atoms with E-state index in [-0.39, 0.29) is 5.69 Å². The van der Waals surface area contributed by atoms with Gasteiger partial charge in [-0.3, -0.25) is 14.9 Å². The molecule has 1 amide bonds. The molecule has 30 heavy (non-hydrogen) atoms. The Bertz CT molecular complexity index is 1140. The Balaban J connectivity index is 1.77. The summed E-state index contributed by atoms with van der Waals surface area (Å²) in [5.41, 5.74) is 6.38. The lowest BCUT2D eigenvalue weighted by atomic mass is 10.0. The highest BCUT2D eigenvalue weighted by Gasteiger charge is 2.19. The van der Waals surface area contributed by atoms with Crippen LogP contribution in [0.15, 0.2) is 65.8 Å². The minimum Gasteiger partial charge on any atom is -0.318 e. The molecule has 0 radical (unpaired) electrons. The molecule has 150 valence electrons. The van der Waals surface area contributed by atoms with Crippen molar-refractivity contribution in [3.63, 3.8) is 0 Å². The molecule has 0 aliphatic heterocycles. The number of nitro benzene ring substituents is 1. The minimum absolute atomic E-state index is 0.0242. The van der Waals surface area contributed by atoms with Crippen LogP contribution in [0.5, 0.6) is 0 Å². The lowest BCUT2D eigenvalue weighted by molar-refractivity contribution is -0.384. The number of amides is 1. The van der Waals surface area contributed by atoms with Crippen molar-refractivity contribution in [3.05, 3.63) is 93.3 Å². The molecule has 1 aromatic heterocycles. The summed E-state index contributed by atoms with van der Waals surface area (Å²) in [6.07, 6.45) is 1.52. The van der Waals surface area contributed by atoms with Gasteiger partial charge in [-0.2, -0.15) is 10.4 Å². The van der Waals surface area contributed by atoms with Crippen molar-refractivity contribution < 1.29 is 9.72 Å². The lowest BCUT2D eigenvalue weighted by Gasteiger charge is -2.09. The predicted octanol–water partition coefficient (Wildman–Crippen LogP) is 3.76. The van der Waals surface area contributed by atoms with Crippen LogP contribution in [-0.4, -0.2) is 21.6 Å². The molecule has 2 aromatic carbocycles. The van der Waals surface area contributed by atoms with Crippen LogP contribution < -0.4 is 5.43 Å². The van der Waals surface area contributed by atoms with Gasteiger partial charge in [0.1, 0.15) is 0 Å². The summed E-state index contributed by atoms with van der Waals surface area (Å²) in [7, 11) is 0. The highest BCUT2D eigenvalue weighted by molar-refractivity contribution is 5.88. The van der Waals surface area contributed by atoms with Crippen LogP contribution in [0.2, 0.25) is 0 Å². The molecule has 0 bridgehead atoms. The van der Waals surface area contributed by atoms with Gasteiger partial charge in [-0.1, -0.05) is 30.3 Å². The number of hydrogen-bond donors (Lipinski definition) is 1. The third kappa shape index (κ3) is 4.25. The first-order valence-corrected chi connectivity index (χ1v) is 9.13. The summed E-state index contributed by atoms with van der Waals surface area (Å²) < 4.78 is 1.94. The van der Waals surface area contributed by atoms with Crippen LogP contribution in [-0.2, 0) is 4.79 Å². The molecule has 0 saturated heterocycles. The van der Waals surface area contributed by atoms with Crippen molar-refractivity contribution >= 4 is 17.8 Å². The fraction of sp³-hybridized carbons (Fsp3) is 0.136. The number of hydrazone groups is 1. The quantitative estimate of drug-likeness (QED) is 0.385. The van der Waals surface area contributed by atoms with E-state index >= 15 is 0 Å². The minimum atomic E-state index is -0.948. The van der Waals surface area contributed by atoms with E-state index in [9.17, 15) is 20.2 Å². The monoisotopic (exact) mass is 401 g/mol. The maximum atomic E-state index is 12.3. The normalized spacial score (nSPS) is 11.8. The number of benzene rings is 2. The summed E-state index contributed by atoms with van der Waals surface area (Å²) in [6, 6.07) is 18.9. The van der Waals surface area contributed by atoms with E-state index in [2.05, 4.69) is 10.5 Å². The molecule has 0 saturated carbocycles. The number of nitrogens with zero attached hydrogens (tertiary/aromatic N) is 4. The van der Waals surface area contributed by atoms with Crippen LogP contribution >= 0.6 is 0 Å². The second-order valence-electron chi connectivity index (χ2n) is 6.64. The van der Waals surface area contributed by atoms with E-state index in [1.165, 1.54) is 18.3 Å². The molecule has 3 rings (SSSR count). The zero-order chi connectivity index (χ0) is 21.7. The molecular weight excluding hydrogens is 382 g/mol. The largest absolute Gasteiger partial charge is 0.318 e. The fourth-order valence-corrected chi connectivity index (χ4v) is 3.20. The standard InChI is InChI=1S/C22H19N5O3/c1-15-12-18(16(2)26(15)19-8-10-20(11-9-19)27(29)30)14-24-25-22(28)21(13-23)17-6-4-3-5-7-17/h3-12,14,21H,1-2H3,(H,25,28)/b24-14-/t21-/m1/s1. The van der Waals surface area contributed by atoms with Gasteiger partial charge in [-0.15, -0.1) is 0 Å². The summed E-state index contributed by atoms with van der Waals surface area (Å²) >= 11 is 0. The number of aromatic nitrogens is 1. The van der Waals surface area contributed by atoms with Gasteiger partial charge < -0.3 is 4.57 Å². The van der Waals surface area contributed by atoms with Crippen LogP contribution in [0.1, 0.15) is 28.4 Å². The van der Waals surface area contributed by atoms with Crippen LogP contribution in [0, 0.1) is 35.3 Å². The van der Waals surface area contributed by atoms with Gasteiger partial charge in [-0.05, 0) is 37.6 Å². The average Bonchev–Trinajstić information content (AvgIpc) is 3.02. The second kappa shape index (κ2) is 8.84. The molecule has 3 aromatic rings. The third-order valence-electron chi connectivity index (χ3n) is 4.69. The summed E-state index contributed by atoms with van der Waals surface area (Å²) in [5.74, 6) is -1.46. The molecule has 8 nitrogen and oxygen atoms in total. The molecular formula is C22H19N5O3. The van der Waals surface area contributed by atoms with Crippen LogP contribution in [0.25, 0.3) is 5.69 Å². The van der Waals surface area contributed by atoms with Crippen molar-refractivity contribution in [3.8, 4) is 11.8 Å². The lowest BCUT2D eigenvalue weighted by Crippen LogP contribution is -2.24. The van der Waals surface area contributed by atoms with Gasteiger partial charge in [0.25, 0.3) is 11.6 Å². The van der Waals surface area contributed by atoms with E-state index in [0.29, 0.717) is 5.56 Å². The highest BCUT2D eigenvalue weighted by Crippen LogP contribution is 2.22. The number of non-ortho nitro benzene ring substituents is 1. The predicted molar refractivity (Wildman–Crippen MR) is 112 cm³/mol. The number of carbonyl (C=O) groups excluding carboxylic acids is 1. The number of nitriles is 1. The summed E-state index contributed by atoms with van der Waals surface area (Å²) in [6.45, 7) is 3.80. The van der Waals surface area contributed by atoms with Crippen molar-refractivity contribution in [1.82, 2.24) is 9.99 Å². The zero-order valence-corrected chi connectivity index (χ0v) is 16.4. The fourth-order valence-electron chi connectivity index (χ4n) is 3.20. The van der Waals surface area contributed by atoms with Crippen molar-refractivity contribution in [2.75, 3.05) is 0 Å². The Labute approximate surface area is 173 Å². The van der Waals surface area contributed by atoms with E-state index < -0.39 is 16.7 Å². The third-order valence-corrected chi connectivity index (χ3v) is 4.69. The number of nitrogens with one attached hydrogen (secondary N) is 1. The van der Waals surface area contributed by atoms with E-state index in [1.807, 2.05) is 36.6 Å². The van der Waals surface area contributed by atoms with Gasteiger partial charge in [0.15, 0.2) is 5.92 Å². The number of nitro groups is 1. The average molecular weight is 401 g/mol. The maximum Gasteiger partial charge on any atom is 0.269 e. The Morgan fingerprint density at radius 1 is 1.20 bits per heavy atom. The number of aryl methyl sites for hydroxylation is 1. The Morgan fingerprint density at radius 2 is 1.87 bits per heavy atom. The SMILES string of the molecule is Cc1cc(/C=N\NC(=O)[C@H](C#N)c2ccccc2)c(C)n1-c1ccc([N+](=O)[O-])cc1. The van der Waals surface area contributed by atoms with Crippen molar-refractivity contribution in [2.24, 2.45) is 5.10 Å². The molecule has 1 heterocycles. The first-order valence-electron chi connectivity index (χ1n) is 9.13. The first-order chi connectivity index (χ1) is 14.4. The Hall–Kier alpha value is -4.25. The van der Waals surface area contributed by atoms with E-state index in [1.54, 1.807) is 36.4 Å². The van der Waals surface area contributed by atoms with Crippen LogP contribution in [0.4, 0.5) is 5.69 Å². The van der Waals surface area contributed by atoms with Gasteiger partial charge in [0.05, 0.1) is 17.2 Å². The molecule has 0 fully saturated rings. The zero-order valence-electron chi connectivity index (χ0n) is 16.4. The van der Waals surface area contributed by atoms with E-state index in [4.69, 9.17) is 0 Å². The highest BCUT2D eigenvalue weighted by atomic mass is 16.6. The molecule has 0 aliphatic rings. The van der Waals surface area contributed by atoms with Gasteiger partial charge in [0, 0.05) is 34.8 Å². The van der Waals surface area contributed by atoms with Crippen LogP contribution in [0.3, 0.4) is 0 Å². The molecule has 0 unspecified atom stereocenters. The first kappa shape index (κ1) is 20.5.